The normalized spacial score (nSPS) is 15.8. The van der Waals surface area contributed by atoms with Gasteiger partial charge in [0.05, 0.1) is 0 Å². The summed E-state index contributed by atoms with van der Waals surface area (Å²) in [7, 11) is 0. The van der Waals surface area contributed by atoms with E-state index in [2.05, 4.69) is 15.5 Å². The molecule has 0 aliphatic heterocycles. The minimum atomic E-state index is -0.677. The van der Waals surface area contributed by atoms with Gasteiger partial charge < -0.3 is 9.84 Å². The summed E-state index contributed by atoms with van der Waals surface area (Å²) in [6, 6.07) is 3.93. The molecule has 7 heteroatoms. The number of benzene rings is 1. The quantitative estimate of drug-likeness (QED) is 0.758. The molecule has 1 aromatic heterocycles. The zero-order chi connectivity index (χ0) is 19.3. The summed E-state index contributed by atoms with van der Waals surface area (Å²) in [4.78, 5) is 16.5. The third-order valence-electron chi connectivity index (χ3n) is 5.23. The molecule has 0 spiro atoms. The standard InChI is InChI=1S/C20H25F2N3O2/c1-2-6-16-24-18(27-25-16)10-9-17(26)23-13-20(11-3-4-12-20)19-14(21)7-5-8-15(19)22/h5,7-8H,2-4,6,9-13H2,1H3,(H,23,26). The van der Waals surface area contributed by atoms with Crippen LogP contribution in [0.25, 0.3) is 0 Å². The van der Waals surface area contributed by atoms with Crippen LogP contribution in [0.5, 0.6) is 0 Å². The van der Waals surface area contributed by atoms with Crippen LogP contribution in [-0.4, -0.2) is 22.6 Å². The molecule has 1 aliphatic carbocycles. The van der Waals surface area contributed by atoms with E-state index in [1.165, 1.54) is 18.2 Å². The first-order valence-corrected chi connectivity index (χ1v) is 9.57. The molecular formula is C20H25F2N3O2. The summed E-state index contributed by atoms with van der Waals surface area (Å²) < 4.78 is 33.8. The van der Waals surface area contributed by atoms with Crippen LogP contribution >= 0.6 is 0 Å². The van der Waals surface area contributed by atoms with E-state index in [1.54, 1.807) is 0 Å². The van der Waals surface area contributed by atoms with Crippen LogP contribution in [0.1, 0.15) is 62.7 Å². The van der Waals surface area contributed by atoms with Gasteiger partial charge in [-0.1, -0.05) is 31.0 Å². The molecule has 1 fully saturated rings. The van der Waals surface area contributed by atoms with Gasteiger partial charge in [0.2, 0.25) is 11.8 Å². The Labute approximate surface area is 157 Å². The number of aromatic nitrogens is 2. The first kappa shape index (κ1) is 19.5. The smallest absolute Gasteiger partial charge is 0.227 e. The lowest BCUT2D eigenvalue weighted by molar-refractivity contribution is -0.121. The third kappa shape index (κ3) is 4.51. The Morgan fingerprint density at radius 2 is 1.93 bits per heavy atom. The molecule has 0 bridgehead atoms. The average Bonchev–Trinajstić information content (AvgIpc) is 3.29. The highest BCUT2D eigenvalue weighted by Gasteiger charge is 2.40. The molecule has 1 aliphatic rings. The number of amides is 1. The van der Waals surface area contributed by atoms with Crippen molar-refractivity contribution < 1.29 is 18.1 Å². The van der Waals surface area contributed by atoms with Crippen molar-refractivity contribution >= 4 is 5.91 Å². The summed E-state index contributed by atoms with van der Waals surface area (Å²) in [5.74, 6) is -0.189. The minimum Gasteiger partial charge on any atom is -0.355 e. The van der Waals surface area contributed by atoms with Gasteiger partial charge in [0.15, 0.2) is 5.82 Å². The number of aryl methyl sites for hydroxylation is 2. The first-order valence-electron chi connectivity index (χ1n) is 9.57. The van der Waals surface area contributed by atoms with Gasteiger partial charge in [-0.2, -0.15) is 4.98 Å². The highest BCUT2D eigenvalue weighted by Crippen LogP contribution is 2.42. The molecule has 0 saturated heterocycles. The molecule has 0 radical (unpaired) electrons. The molecule has 0 unspecified atom stereocenters. The van der Waals surface area contributed by atoms with Gasteiger partial charge in [0.1, 0.15) is 11.6 Å². The van der Waals surface area contributed by atoms with E-state index in [9.17, 15) is 13.6 Å². The second-order valence-corrected chi connectivity index (χ2v) is 7.22. The van der Waals surface area contributed by atoms with Crippen LogP contribution in [0.2, 0.25) is 0 Å². The molecule has 27 heavy (non-hydrogen) atoms. The largest absolute Gasteiger partial charge is 0.355 e. The second kappa shape index (κ2) is 8.59. The van der Waals surface area contributed by atoms with Crippen molar-refractivity contribution in [2.75, 3.05) is 6.54 Å². The van der Waals surface area contributed by atoms with E-state index < -0.39 is 17.0 Å². The molecule has 1 aromatic carbocycles. The Kier molecular flexibility index (Phi) is 6.19. The van der Waals surface area contributed by atoms with Crippen LogP contribution < -0.4 is 5.32 Å². The van der Waals surface area contributed by atoms with Crippen molar-refractivity contribution in [3.05, 3.63) is 47.1 Å². The summed E-state index contributed by atoms with van der Waals surface area (Å²) >= 11 is 0. The van der Waals surface area contributed by atoms with Crippen molar-refractivity contribution in [1.82, 2.24) is 15.5 Å². The van der Waals surface area contributed by atoms with E-state index in [0.717, 1.165) is 25.7 Å². The molecule has 5 nitrogen and oxygen atoms in total. The van der Waals surface area contributed by atoms with Crippen LogP contribution in [-0.2, 0) is 23.1 Å². The number of carbonyl (C=O) groups is 1. The lowest BCUT2D eigenvalue weighted by atomic mass is 9.78. The molecule has 3 rings (SSSR count). The molecular weight excluding hydrogens is 352 g/mol. The van der Waals surface area contributed by atoms with Gasteiger partial charge in [-0.25, -0.2) is 8.78 Å². The highest BCUT2D eigenvalue weighted by atomic mass is 19.1. The Morgan fingerprint density at radius 1 is 1.22 bits per heavy atom. The van der Waals surface area contributed by atoms with Crippen LogP contribution in [0.15, 0.2) is 22.7 Å². The van der Waals surface area contributed by atoms with E-state index in [0.29, 0.717) is 31.0 Å². The first-order chi connectivity index (χ1) is 13.0. The van der Waals surface area contributed by atoms with E-state index in [-0.39, 0.29) is 24.4 Å². The monoisotopic (exact) mass is 377 g/mol. The maximum Gasteiger partial charge on any atom is 0.227 e. The van der Waals surface area contributed by atoms with E-state index in [1.807, 2.05) is 6.92 Å². The van der Waals surface area contributed by atoms with Gasteiger partial charge in [0, 0.05) is 36.8 Å². The van der Waals surface area contributed by atoms with Crippen molar-refractivity contribution in [2.45, 2.75) is 63.7 Å². The zero-order valence-corrected chi connectivity index (χ0v) is 15.6. The Morgan fingerprint density at radius 3 is 2.59 bits per heavy atom. The van der Waals surface area contributed by atoms with Crippen molar-refractivity contribution in [2.24, 2.45) is 0 Å². The predicted octanol–water partition coefficient (Wildman–Crippen LogP) is 3.86. The van der Waals surface area contributed by atoms with Gasteiger partial charge in [-0.3, -0.25) is 4.79 Å². The predicted molar refractivity (Wildman–Crippen MR) is 96.1 cm³/mol. The Bertz CT molecular complexity index is 765. The van der Waals surface area contributed by atoms with Crippen LogP contribution in [0.3, 0.4) is 0 Å². The number of nitrogens with zero attached hydrogens (tertiary/aromatic N) is 2. The van der Waals surface area contributed by atoms with Gasteiger partial charge in [0.25, 0.3) is 0 Å². The SMILES string of the molecule is CCCc1noc(CCC(=O)NCC2(c3c(F)cccc3F)CCCC2)n1. The average molecular weight is 377 g/mol. The van der Waals surface area contributed by atoms with Gasteiger partial charge in [-0.15, -0.1) is 0 Å². The van der Waals surface area contributed by atoms with E-state index >= 15 is 0 Å². The third-order valence-corrected chi connectivity index (χ3v) is 5.23. The number of carbonyl (C=O) groups excluding carboxylic acids is 1. The second-order valence-electron chi connectivity index (χ2n) is 7.22. The molecule has 1 heterocycles. The summed E-state index contributed by atoms with van der Waals surface area (Å²) in [5.41, 5.74) is -0.576. The van der Waals surface area contributed by atoms with Crippen LogP contribution in [0, 0.1) is 11.6 Å². The summed E-state index contributed by atoms with van der Waals surface area (Å²) in [6.45, 7) is 2.26. The molecule has 1 N–H and O–H groups in total. The molecule has 146 valence electrons. The lowest BCUT2D eigenvalue weighted by Crippen LogP contribution is -2.40. The molecule has 1 saturated carbocycles. The Hall–Kier alpha value is -2.31. The summed E-state index contributed by atoms with van der Waals surface area (Å²) in [5, 5.41) is 6.72. The highest BCUT2D eigenvalue weighted by molar-refractivity contribution is 5.76. The fraction of sp³-hybridized carbons (Fsp3) is 0.550. The van der Waals surface area contributed by atoms with E-state index in [4.69, 9.17) is 4.52 Å². The Balaban J connectivity index is 1.60. The zero-order valence-electron chi connectivity index (χ0n) is 15.6. The van der Waals surface area contributed by atoms with Crippen molar-refractivity contribution in [1.29, 1.82) is 0 Å². The lowest BCUT2D eigenvalue weighted by Gasteiger charge is -2.30. The molecule has 2 aromatic rings. The van der Waals surface area contributed by atoms with Gasteiger partial charge in [-0.05, 0) is 31.4 Å². The number of halogens is 2. The van der Waals surface area contributed by atoms with Crippen molar-refractivity contribution in [3.63, 3.8) is 0 Å². The minimum absolute atomic E-state index is 0.101. The maximum absolute atomic E-state index is 14.3. The van der Waals surface area contributed by atoms with Gasteiger partial charge >= 0.3 is 0 Å². The molecule has 1 amide bonds. The topological polar surface area (TPSA) is 68.0 Å². The number of nitrogens with one attached hydrogen (secondary N) is 1. The summed E-state index contributed by atoms with van der Waals surface area (Å²) in [6.07, 6.45) is 5.33. The number of rotatable bonds is 8. The maximum atomic E-state index is 14.3. The van der Waals surface area contributed by atoms with Crippen LogP contribution in [0.4, 0.5) is 8.78 Å². The number of hydrogen-bond acceptors (Lipinski definition) is 4. The number of hydrogen-bond donors (Lipinski definition) is 1. The fourth-order valence-electron chi connectivity index (χ4n) is 3.86. The fourth-order valence-corrected chi connectivity index (χ4v) is 3.86. The molecule has 0 atom stereocenters. The van der Waals surface area contributed by atoms with Crippen molar-refractivity contribution in [3.8, 4) is 0 Å².